The Hall–Kier alpha value is -0.380. The molecule has 0 aliphatic carbocycles. The smallest absolute Gasteiger partial charge is 0.160 e. The zero-order chi connectivity index (χ0) is 18.0. The molecule has 0 spiro atoms. The molecule has 8 heteroatoms. The Bertz CT molecular complexity index is 1190. The zero-order valence-electron chi connectivity index (χ0n) is 12.6. The first-order valence-electron chi connectivity index (χ1n) is 7.35. The van der Waals surface area contributed by atoms with Crippen LogP contribution < -0.4 is 0 Å². The van der Waals surface area contributed by atoms with Crippen molar-refractivity contribution >= 4 is 108 Å². The number of halogens is 4. The standard InChI is InChI=1S/C18H6Br4O2S2/c19-9-1-3-25-17(9)15-13(21)7-5-12-8(6-11(7)23-15)14(22)16(24-12)18-10(20)2-4-26-18/h1-6H. The van der Waals surface area contributed by atoms with Crippen LogP contribution >= 0.6 is 86.4 Å². The van der Waals surface area contributed by atoms with Gasteiger partial charge in [0.05, 0.1) is 18.7 Å². The Kier molecular flexibility index (Phi) is 4.49. The van der Waals surface area contributed by atoms with Gasteiger partial charge in [0.25, 0.3) is 0 Å². The van der Waals surface area contributed by atoms with E-state index in [2.05, 4.69) is 63.7 Å². The van der Waals surface area contributed by atoms with Crippen molar-refractivity contribution in [1.82, 2.24) is 0 Å². The summed E-state index contributed by atoms with van der Waals surface area (Å²) in [5, 5.41) is 6.05. The Labute approximate surface area is 189 Å². The summed E-state index contributed by atoms with van der Waals surface area (Å²) in [6.07, 6.45) is 0. The molecule has 5 aromatic rings. The summed E-state index contributed by atoms with van der Waals surface area (Å²) in [5.41, 5.74) is 1.64. The van der Waals surface area contributed by atoms with Crippen LogP contribution in [0.4, 0.5) is 0 Å². The van der Waals surface area contributed by atoms with Crippen molar-refractivity contribution in [3.63, 3.8) is 0 Å². The van der Waals surface area contributed by atoms with Gasteiger partial charge in [-0.3, -0.25) is 0 Å². The first kappa shape index (κ1) is 17.7. The predicted octanol–water partition coefficient (Wildman–Crippen LogP) is 9.69. The van der Waals surface area contributed by atoms with E-state index in [9.17, 15) is 0 Å². The summed E-state index contributed by atoms with van der Waals surface area (Å²) in [7, 11) is 0. The Balaban J connectivity index is 1.77. The van der Waals surface area contributed by atoms with Gasteiger partial charge in [0, 0.05) is 19.7 Å². The quantitative estimate of drug-likeness (QED) is 0.193. The summed E-state index contributed by atoms with van der Waals surface area (Å²) >= 11 is 17.8. The maximum atomic E-state index is 6.18. The third-order valence-electron chi connectivity index (χ3n) is 4.02. The first-order chi connectivity index (χ1) is 12.5. The molecule has 0 unspecified atom stereocenters. The average Bonchev–Trinajstić information content (AvgIpc) is 3.36. The number of hydrogen-bond acceptors (Lipinski definition) is 4. The van der Waals surface area contributed by atoms with Gasteiger partial charge in [-0.25, -0.2) is 0 Å². The molecule has 0 atom stereocenters. The van der Waals surface area contributed by atoms with Crippen LogP contribution in [0.3, 0.4) is 0 Å². The lowest BCUT2D eigenvalue weighted by Gasteiger charge is -1.94. The molecule has 4 heterocycles. The van der Waals surface area contributed by atoms with E-state index in [0.29, 0.717) is 0 Å². The number of benzene rings is 1. The molecule has 1 aromatic carbocycles. The third-order valence-corrected chi connectivity index (χ3v) is 9.27. The fourth-order valence-corrected chi connectivity index (χ4v) is 7.35. The molecule has 0 saturated heterocycles. The number of rotatable bonds is 2. The summed E-state index contributed by atoms with van der Waals surface area (Å²) in [6.45, 7) is 0. The molecule has 0 fully saturated rings. The van der Waals surface area contributed by atoms with E-state index in [4.69, 9.17) is 8.83 Å². The van der Waals surface area contributed by atoms with Gasteiger partial charge in [-0.15, -0.1) is 22.7 Å². The Morgan fingerprint density at radius 1 is 0.654 bits per heavy atom. The third kappa shape index (κ3) is 2.64. The lowest BCUT2D eigenvalue weighted by atomic mass is 10.2. The van der Waals surface area contributed by atoms with Gasteiger partial charge in [0.1, 0.15) is 11.2 Å². The second kappa shape index (κ2) is 6.60. The second-order valence-electron chi connectivity index (χ2n) is 5.53. The minimum atomic E-state index is 0.818. The Morgan fingerprint density at radius 2 is 1.08 bits per heavy atom. The molecule has 0 amide bonds. The highest BCUT2D eigenvalue weighted by atomic mass is 79.9. The average molecular weight is 638 g/mol. The second-order valence-corrected chi connectivity index (χ2v) is 10.7. The van der Waals surface area contributed by atoms with Crippen LogP contribution in [0.25, 0.3) is 43.2 Å². The van der Waals surface area contributed by atoms with E-state index in [1.807, 2.05) is 35.0 Å². The maximum absolute atomic E-state index is 6.18. The maximum Gasteiger partial charge on any atom is 0.160 e. The van der Waals surface area contributed by atoms with Crippen molar-refractivity contribution < 1.29 is 8.83 Å². The van der Waals surface area contributed by atoms with Gasteiger partial charge in [0.2, 0.25) is 0 Å². The first-order valence-corrected chi connectivity index (χ1v) is 12.3. The lowest BCUT2D eigenvalue weighted by Crippen LogP contribution is -1.69. The minimum absolute atomic E-state index is 0.818. The molecule has 0 radical (unpaired) electrons. The van der Waals surface area contributed by atoms with Crippen LogP contribution in [0, 0.1) is 0 Å². The fourth-order valence-electron chi connectivity index (χ4n) is 2.83. The highest BCUT2D eigenvalue weighted by molar-refractivity contribution is 9.11. The van der Waals surface area contributed by atoms with Gasteiger partial charge in [0.15, 0.2) is 11.5 Å². The van der Waals surface area contributed by atoms with E-state index in [0.717, 1.165) is 61.1 Å². The molecule has 130 valence electrons. The van der Waals surface area contributed by atoms with Gasteiger partial charge in [-0.05, 0) is 98.7 Å². The zero-order valence-corrected chi connectivity index (χ0v) is 20.6. The van der Waals surface area contributed by atoms with E-state index < -0.39 is 0 Å². The summed E-state index contributed by atoms with van der Waals surface area (Å²) in [6, 6.07) is 8.10. The van der Waals surface area contributed by atoms with E-state index in [-0.39, 0.29) is 0 Å². The van der Waals surface area contributed by atoms with Crippen molar-refractivity contribution in [2.24, 2.45) is 0 Å². The van der Waals surface area contributed by atoms with Crippen molar-refractivity contribution in [1.29, 1.82) is 0 Å². The monoisotopic (exact) mass is 634 g/mol. The molecular formula is C18H6Br4O2S2. The number of furan rings is 2. The highest BCUT2D eigenvalue weighted by Gasteiger charge is 2.22. The van der Waals surface area contributed by atoms with Crippen LogP contribution in [-0.4, -0.2) is 0 Å². The molecule has 0 bridgehead atoms. The van der Waals surface area contributed by atoms with Crippen LogP contribution in [0.5, 0.6) is 0 Å². The van der Waals surface area contributed by atoms with Crippen LogP contribution in [-0.2, 0) is 0 Å². The molecule has 5 rings (SSSR count). The van der Waals surface area contributed by atoms with Crippen LogP contribution in [0.15, 0.2) is 61.8 Å². The van der Waals surface area contributed by atoms with E-state index in [1.54, 1.807) is 22.7 Å². The summed E-state index contributed by atoms with van der Waals surface area (Å²) in [4.78, 5) is 2.12. The normalized spacial score (nSPS) is 11.8. The van der Waals surface area contributed by atoms with Crippen molar-refractivity contribution in [2.75, 3.05) is 0 Å². The van der Waals surface area contributed by atoms with E-state index in [1.165, 1.54) is 0 Å². The number of thiophene rings is 2. The molecule has 4 aromatic heterocycles. The van der Waals surface area contributed by atoms with Crippen molar-refractivity contribution in [3.8, 4) is 21.3 Å². The molecule has 0 aliphatic heterocycles. The molecule has 0 saturated carbocycles. The SMILES string of the molecule is Brc1ccsc1-c1oc2cc3c(Br)c(-c4sccc4Br)oc3cc2c1Br. The summed E-state index contributed by atoms with van der Waals surface area (Å²) < 4.78 is 16.3. The van der Waals surface area contributed by atoms with Crippen LogP contribution in [0.2, 0.25) is 0 Å². The molecule has 0 N–H and O–H groups in total. The number of hydrogen-bond donors (Lipinski definition) is 0. The fraction of sp³-hybridized carbons (Fsp3) is 0. The largest absolute Gasteiger partial charge is 0.454 e. The van der Waals surface area contributed by atoms with Gasteiger partial charge >= 0.3 is 0 Å². The van der Waals surface area contributed by atoms with Crippen LogP contribution in [0.1, 0.15) is 0 Å². The summed E-state index contributed by atoms with van der Waals surface area (Å²) in [5.74, 6) is 1.65. The Morgan fingerprint density at radius 3 is 1.42 bits per heavy atom. The highest BCUT2D eigenvalue weighted by Crippen LogP contribution is 2.47. The van der Waals surface area contributed by atoms with Gasteiger partial charge in [-0.2, -0.15) is 0 Å². The topological polar surface area (TPSA) is 26.3 Å². The van der Waals surface area contributed by atoms with E-state index >= 15 is 0 Å². The minimum Gasteiger partial charge on any atom is -0.454 e. The molecule has 0 aliphatic rings. The van der Waals surface area contributed by atoms with Gasteiger partial charge in [-0.1, -0.05) is 0 Å². The molecule has 2 nitrogen and oxygen atoms in total. The number of fused-ring (bicyclic) bond motifs is 2. The van der Waals surface area contributed by atoms with Gasteiger partial charge < -0.3 is 8.83 Å². The molecule has 26 heavy (non-hydrogen) atoms. The van der Waals surface area contributed by atoms with Crippen molar-refractivity contribution in [2.45, 2.75) is 0 Å². The molecular weight excluding hydrogens is 632 g/mol. The predicted molar refractivity (Wildman–Crippen MR) is 123 cm³/mol. The van der Waals surface area contributed by atoms with Crippen molar-refractivity contribution in [3.05, 3.63) is 52.9 Å². The lowest BCUT2D eigenvalue weighted by molar-refractivity contribution is 0.627.